The van der Waals surface area contributed by atoms with Gasteiger partial charge in [-0.25, -0.2) is 9.98 Å². The summed E-state index contributed by atoms with van der Waals surface area (Å²) in [6, 6.07) is 5.49. The lowest BCUT2D eigenvalue weighted by Gasteiger charge is -2.09. The van der Waals surface area contributed by atoms with Gasteiger partial charge in [-0.3, -0.25) is 0 Å². The number of ether oxygens (including phenoxy) is 1. The first kappa shape index (κ1) is 21.5. The Hall–Kier alpha value is -1.56. The number of aliphatic imine (C=N–C) groups is 1. The molecule has 0 saturated heterocycles. The topological polar surface area (TPSA) is 72.5 Å². The maximum absolute atomic E-state index is 12.1. The summed E-state index contributed by atoms with van der Waals surface area (Å²) in [5, 5.41) is 3.87. The van der Waals surface area contributed by atoms with Gasteiger partial charge in [0.1, 0.15) is 10.8 Å². The Labute approximate surface area is 164 Å². The van der Waals surface area contributed by atoms with E-state index in [9.17, 15) is 13.2 Å². The molecule has 2 aromatic rings. The van der Waals surface area contributed by atoms with Gasteiger partial charge in [0.2, 0.25) is 0 Å². The van der Waals surface area contributed by atoms with E-state index in [1.165, 1.54) is 24.3 Å². The lowest BCUT2D eigenvalue weighted by Crippen LogP contribution is -2.31. The van der Waals surface area contributed by atoms with Crippen LogP contribution >= 0.6 is 35.3 Å². The molecule has 0 amide bonds. The smallest absolute Gasteiger partial charge is 0.406 e. The second-order valence-corrected chi connectivity index (χ2v) is 6.28. The number of alkyl halides is 3. The minimum absolute atomic E-state index is 0. The second-order valence-electron chi connectivity index (χ2n) is 5.00. The summed E-state index contributed by atoms with van der Waals surface area (Å²) in [5.74, 6) is -0.0213. The zero-order chi connectivity index (χ0) is 17.7. The molecular formula is C15H18F3IN4OS. The van der Waals surface area contributed by atoms with Crippen LogP contribution in [-0.4, -0.2) is 17.3 Å². The molecule has 0 aliphatic rings. The van der Waals surface area contributed by atoms with Crippen molar-refractivity contribution in [3.63, 3.8) is 0 Å². The molecule has 10 heteroatoms. The normalized spacial score (nSPS) is 11.8. The third-order valence-corrected chi connectivity index (χ3v) is 4.16. The molecule has 0 fully saturated rings. The molecule has 1 heterocycles. The summed E-state index contributed by atoms with van der Waals surface area (Å²) in [6.07, 6.45) is -4.69. The Morgan fingerprint density at radius 3 is 2.44 bits per heavy atom. The first-order valence-corrected chi connectivity index (χ1v) is 7.86. The van der Waals surface area contributed by atoms with Crippen molar-refractivity contribution in [1.29, 1.82) is 0 Å². The molecule has 0 atom stereocenters. The van der Waals surface area contributed by atoms with Gasteiger partial charge in [0.05, 0.1) is 18.8 Å². The molecule has 2 rings (SSSR count). The molecular weight excluding hydrogens is 468 g/mol. The van der Waals surface area contributed by atoms with Crippen LogP contribution in [0.15, 0.2) is 29.3 Å². The highest BCUT2D eigenvalue weighted by molar-refractivity contribution is 14.0. The van der Waals surface area contributed by atoms with Crippen LogP contribution in [0.25, 0.3) is 0 Å². The number of guanidine groups is 1. The number of hydrogen-bond acceptors (Lipinski definition) is 4. The number of nitrogens with one attached hydrogen (secondary N) is 1. The molecule has 0 spiro atoms. The van der Waals surface area contributed by atoms with E-state index in [1.807, 2.05) is 13.8 Å². The number of aromatic nitrogens is 1. The fraction of sp³-hybridized carbons (Fsp3) is 0.333. The second kappa shape index (κ2) is 9.22. The van der Waals surface area contributed by atoms with E-state index in [1.54, 1.807) is 11.3 Å². The minimum Gasteiger partial charge on any atom is -0.406 e. The minimum atomic E-state index is -4.69. The number of hydrogen-bond donors (Lipinski definition) is 2. The van der Waals surface area contributed by atoms with Crippen LogP contribution in [0.3, 0.4) is 0 Å². The molecule has 0 unspecified atom stereocenters. The lowest BCUT2D eigenvalue weighted by atomic mass is 10.2. The van der Waals surface area contributed by atoms with Crippen molar-refractivity contribution in [2.24, 2.45) is 10.7 Å². The van der Waals surface area contributed by atoms with E-state index >= 15 is 0 Å². The largest absolute Gasteiger partial charge is 0.573 e. The van der Waals surface area contributed by atoms with E-state index in [-0.39, 0.29) is 42.2 Å². The fourth-order valence-corrected chi connectivity index (χ4v) is 2.68. The Morgan fingerprint density at radius 2 is 1.92 bits per heavy atom. The monoisotopic (exact) mass is 486 g/mol. The average Bonchev–Trinajstić information content (AvgIpc) is 2.81. The van der Waals surface area contributed by atoms with Crippen LogP contribution in [0, 0.1) is 13.8 Å². The molecule has 0 aliphatic carbocycles. The maximum Gasteiger partial charge on any atom is 0.573 e. The summed E-state index contributed by atoms with van der Waals surface area (Å²) >= 11 is 1.59. The zero-order valence-corrected chi connectivity index (χ0v) is 16.7. The molecule has 0 bridgehead atoms. The highest BCUT2D eigenvalue weighted by Crippen LogP contribution is 2.22. The quantitative estimate of drug-likeness (QED) is 0.383. The number of thiazole rings is 1. The first-order chi connectivity index (χ1) is 11.2. The van der Waals surface area contributed by atoms with Crippen LogP contribution in [0.5, 0.6) is 5.75 Å². The van der Waals surface area contributed by atoms with Crippen molar-refractivity contribution in [1.82, 2.24) is 10.3 Å². The molecule has 1 aromatic carbocycles. The van der Waals surface area contributed by atoms with E-state index in [0.29, 0.717) is 6.54 Å². The van der Waals surface area contributed by atoms with Gasteiger partial charge >= 0.3 is 6.36 Å². The van der Waals surface area contributed by atoms with Gasteiger partial charge in [-0.1, -0.05) is 12.1 Å². The van der Waals surface area contributed by atoms with Gasteiger partial charge in [0, 0.05) is 4.88 Å². The third kappa shape index (κ3) is 7.46. The third-order valence-electron chi connectivity index (χ3n) is 3.08. The molecule has 25 heavy (non-hydrogen) atoms. The van der Waals surface area contributed by atoms with Crippen molar-refractivity contribution in [2.75, 3.05) is 0 Å². The fourth-order valence-electron chi connectivity index (χ4n) is 1.81. The number of nitrogens with zero attached hydrogens (tertiary/aromatic N) is 2. The van der Waals surface area contributed by atoms with E-state index in [2.05, 4.69) is 20.0 Å². The van der Waals surface area contributed by atoms with Gasteiger partial charge < -0.3 is 15.8 Å². The van der Waals surface area contributed by atoms with Crippen LogP contribution in [0.4, 0.5) is 13.2 Å². The summed E-state index contributed by atoms with van der Waals surface area (Å²) in [5.41, 5.74) is 7.48. The van der Waals surface area contributed by atoms with Gasteiger partial charge in [0.25, 0.3) is 0 Å². The Morgan fingerprint density at radius 1 is 1.28 bits per heavy atom. The average molecular weight is 486 g/mol. The Balaban J connectivity index is 0.00000312. The van der Waals surface area contributed by atoms with Crippen molar-refractivity contribution >= 4 is 41.3 Å². The summed E-state index contributed by atoms with van der Waals surface area (Å²) in [7, 11) is 0. The van der Waals surface area contributed by atoms with Gasteiger partial charge in [-0.15, -0.1) is 48.5 Å². The number of nitrogens with two attached hydrogens (primary N) is 1. The van der Waals surface area contributed by atoms with E-state index < -0.39 is 6.36 Å². The zero-order valence-electron chi connectivity index (χ0n) is 13.6. The first-order valence-electron chi connectivity index (χ1n) is 7.04. The molecule has 0 aliphatic heterocycles. The molecule has 138 valence electrons. The number of rotatable bonds is 5. The molecule has 1 aromatic heterocycles. The Kier molecular flexibility index (Phi) is 7.93. The van der Waals surface area contributed by atoms with Gasteiger partial charge in [0.15, 0.2) is 5.96 Å². The van der Waals surface area contributed by atoms with Crippen molar-refractivity contribution in [2.45, 2.75) is 33.3 Å². The lowest BCUT2D eigenvalue weighted by molar-refractivity contribution is -0.274. The molecule has 3 N–H and O–H groups in total. The van der Waals surface area contributed by atoms with Crippen LogP contribution in [-0.2, 0) is 13.1 Å². The predicted octanol–water partition coefficient (Wildman–Crippen LogP) is 3.88. The van der Waals surface area contributed by atoms with Gasteiger partial charge in [-0.2, -0.15) is 0 Å². The molecule has 5 nitrogen and oxygen atoms in total. The number of halogens is 4. The highest BCUT2D eigenvalue weighted by Gasteiger charge is 2.30. The Bertz CT molecular complexity index is 697. The SMILES string of the molecule is Cc1nc(CNC(N)=NCc2ccc(OC(F)(F)F)cc2)sc1C.I. The maximum atomic E-state index is 12.1. The van der Waals surface area contributed by atoms with E-state index in [0.717, 1.165) is 21.1 Å². The van der Waals surface area contributed by atoms with Crippen molar-refractivity contribution < 1.29 is 17.9 Å². The standard InChI is InChI=1S/C15H17F3N4OS.HI/c1-9-10(2)24-13(22-9)8-21-14(19)20-7-11-3-5-12(6-4-11)23-15(16,17)18;/h3-6H,7-8H2,1-2H3,(H3,19,20,21);1H. The predicted molar refractivity (Wildman–Crippen MR) is 102 cm³/mol. The van der Waals surface area contributed by atoms with Crippen molar-refractivity contribution in [3.8, 4) is 5.75 Å². The number of aryl methyl sites for hydroxylation is 2. The van der Waals surface area contributed by atoms with Crippen LogP contribution < -0.4 is 15.8 Å². The summed E-state index contributed by atoms with van der Waals surface area (Å²) < 4.78 is 40.0. The van der Waals surface area contributed by atoms with E-state index in [4.69, 9.17) is 5.73 Å². The molecule has 0 radical (unpaired) electrons. The van der Waals surface area contributed by atoms with Crippen LogP contribution in [0.2, 0.25) is 0 Å². The van der Waals surface area contributed by atoms with Crippen LogP contribution in [0.1, 0.15) is 21.1 Å². The molecule has 0 saturated carbocycles. The summed E-state index contributed by atoms with van der Waals surface area (Å²) in [4.78, 5) is 9.68. The van der Waals surface area contributed by atoms with Gasteiger partial charge in [-0.05, 0) is 31.5 Å². The van der Waals surface area contributed by atoms with Crippen molar-refractivity contribution in [3.05, 3.63) is 45.4 Å². The summed E-state index contributed by atoms with van der Waals surface area (Å²) in [6.45, 7) is 4.67. The highest BCUT2D eigenvalue weighted by atomic mass is 127. The number of benzene rings is 1.